The molecule has 0 aromatic heterocycles. The van der Waals surface area contributed by atoms with Crippen molar-refractivity contribution < 1.29 is 4.79 Å². The van der Waals surface area contributed by atoms with Gasteiger partial charge in [-0.2, -0.15) is 0 Å². The van der Waals surface area contributed by atoms with Gasteiger partial charge in [0.15, 0.2) is 0 Å². The Hall–Kier alpha value is -1.35. The minimum Gasteiger partial charge on any atom is -0.325 e. The molecule has 0 bridgehead atoms. The van der Waals surface area contributed by atoms with Crippen molar-refractivity contribution in [3.63, 3.8) is 0 Å². The minimum absolute atomic E-state index is 0.155. The Balaban J connectivity index is 2.09. The van der Waals surface area contributed by atoms with Crippen molar-refractivity contribution in [1.29, 1.82) is 0 Å². The Morgan fingerprint density at radius 1 is 1.30 bits per heavy atom. The van der Waals surface area contributed by atoms with Gasteiger partial charge in [0.2, 0.25) is 5.91 Å². The van der Waals surface area contributed by atoms with E-state index in [2.05, 4.69) is 6.07 Å². The van der Waals surface area contributed by atoms with Gasteiger partial charge in [-0.1, -0.05) is 31.4 Å². The molecule has 3 heteroatoms. The van der Waals surface area contributed by atoms with Crippen molar-refractivity contribution in [3.05, 3.63) is 29.8 Å². The van der Waals surface area contributed by atoms with Gasteiger partial charge in [-0.3, -0.25) is 4.79 Å². The first-order valence-electron chi connectivity index (χ1n) is 7.70. The number of anilines is 1. The van der Waals surface area contributed by atoms with Gasteiger partial charge in [0.1, 0.15) is 0 Å². The van der Waals surface area contributed by atoms with Crippen LogP contribution < -0.4 is 10.6 Å². The van der Waals surface area contributed by atoms with Crippen molar-refractivity contribution >= 4 is 11.6 Å². The fourth-order valence-corrected chi connectivity index (χ4v) is 3.13. The number of rotatable bonds is 4. The standard InChI is InChI=1S/C17H26N2O/c1-3-19(15-9-7-8-14(2)12-15)16(20)13-17(18)10-5-4-6-11-17/h7-9,12H,3-6,10-11,13,18H2,1-2H3. The third-order valence-corrected chi connectivity index (χ3v) is 4.28. The SMILES string of the molecule is CCN(C(=O)CC1(N)CCCCC1)c1cccc(C)c1. The van der Waals surface area contributed by atoms with Crippen LogP contribution in [0.4, 0.5) is 5.69 Å². The molecule has 0 unspecified atom stereocenters. The van der Waals surface area contributed by atoms with E-state index in [0.717, 1.165) is 31.4 Å². The molecule has 20 heavy (non-hydrogen) atoms. The van der Waals surface area contributed by atoms with Gasteiger partial charge in [-0.05, 0) is 44.4 Å². The molecule has 1 amide bonds. The molecule has 1 aliphatic rings. The number of nitrogens with zero attached hydrogens (tertiary/aromatic N) is 1. The first-order valence-corrected chi connectivity index (χ1v) is 7.70. The van der Waals surface area contributed by atoms with E-state index in [4.69, 9.17) is 5.73 Å². The van der Waals surface area contributed by atoms with Gasteiger partial charge in [-0.25, -0.2) is 0 Å². The maximum atomic E-state index is 12.6. The molecule has 0 aliphatic heterocycles. The molecular formula is C17H26N2O. The molecular weight excluding hydrogens is 248 g/mol. The fraction of sp³-hybridized carbons (Fsp3) is 0.588. The average molecular weight is 274 g/mol. The van der Waals surface area contributed by atoms with E-state index >= 15 is 0 Å². The summed E-state index contributed by atoms with van der Waals surface area (Å²) >= 11 is 0. The van der Waals surface area contributed by atoms with Crippen molar-refractivity contribution in [2.45, 2.75) is 57.9 Å². The van der Waals surface area contributed by atoms with Crippen molar-refractivity contribution in [2.24, 2.45) is 5.73 Å². The van der Waals surface area contributed by atoms with Gasteiger partial charge in [-0.15, -0.1) is 0 Å². The van der Waals surface area contributed by atoms with E-state index in [1.165, 1.54) is 12.0 Å². The number of carbonyl (C=O) groups excluding carboxylic acids is 1. The molecule has 1 aromatic rings. The van der Waals surface area contributed by atoms with Crippen LogP contribution in [0.25, 0.3) is 0 Å². The van der Waals surface area contributed by atoms with Crippen LogP contribution >= 0.6 is 0 Å². The van der Waals surface area contributed by atoms with Crippen LogP contribution in [0.5, 0.6) is 0 Å². The average Bonchev–Trinajstić information content (AvgIpc) is 2.39. The summed E-state index contributed by atoms with van der Waals surface area (Å²) in [6.07, 6.45) is 5.98. The zero-order valence-corrected chi connectivity index (χ0v) is 12.7. The predicted octanol–water partition coefficient (Wildman–Crippen LogP) is 3.40. The van der Waals surface area contributed by atoms with Gasteiger partial charge in [0.25, 0.3) is 0 Å². The summed E-state index contributed by atoms with van der Waals surface area (Å²) in [6.45, 7) is 4.76. The highest BCUT2D eigenvalue weighted by molar-refractivity contribution is 5.94. The summed E-state index contributed by atoms with van der Waals surface area (Å²) in [4.78, 5) is 14.5. The zero-order valence-electron chi connectivity index (χ0n) is 12.7. The van der Waals surface area contributed by atoms with E-state index < -0.39 is 0 Å². The highest BCUT2D eigenvalue weighted by Gasteiger charge is 2.31. The predicted molar refractivity (Wildman–Crippen MR) is 83.8 cm³/mol. The molecule has 1 saturated carbocycles. The quantitative estimate of drug-likeness (QED) is 0.914. The number of nitrogens with two attached hydrogens (primary N) is 1. The lowest BCUT2D eigenvalue weighted by molar-refractivity contribution is -0.120. The first-order chi connectivity index (χ1) is 9.54. The van der Waals surface area contributed by atoms with Crippen LogP contribution in [-0.4, -0.2) is 18.0 Å². The molecule has 1 fully saturated rings. The lowest BCUT2D eigenvalue weighted by Gasteiger charge is -2.34. The second-order valence-corrected chi connectivity index (χ2v) is 6.08. The Bertz CT molecular complexity index is 464. The van der Waals surface area contributed by atoms with Crippen LogP contribution in [0.2, 0.25) is 0 Å². The lowest BCUT2D eigenvalue weighted by atomic mass is 9.80. The van der Waals surface area contributed by atoms with Gasteiger partial charge < -0.3 is 10.6 Å². The molecule has 0 radical (unpaired) electrons. The fourth-order valence-electron chi connectivity index (χ4n) is 3.13. The molecule has 2 rings (SSSR count). The number of benzene rings is 1. The Morgan fingerprint density at radius 2 is 2.00 bits per heavy atom. The topological polar surface area (TPSA) is 46.3 Å². The number of aryl methyl sites for hydroxylation is 1. The molecule has 0 spiro atoms. The number of amides is 1. The van der Waals surface area contributed by atoms with Crippen LogP contribution in [0, 0.1) is 6.92 Å². The first kappa shape index (κ1) is 15.0. The number of hydrogen-bond donors (Lipinski definition) is 1. The van der Waals surface area contributed by atoms with Crippen LogP contribution in [0.1, 0.15) is 51.0 Å². The lowest BCUT2D eigenvalue weighted by Crippen LogP contribution is -2.47. The van der Waals surface area contributed by atoms with Gasteiger partial charge in [0, 0.05) is 24.2 Å². The summed E-state index contributed by atoms with van der Waals surface area (Å²) in [5.74, 6) is 0.155. The summed E-state index contributed by atoms with van der Waals surface area (Å²) < 4.78 is 0. The molecule has 110 valence electrons. The van der Waals surface area contributed by atoms with Crippen molar-refractivity contribution in [2.75, 3.05) is 11.4 Å². The minimum atomic E-state index is -0.285. The van der Waals surface area contributed by atoms with Gasteiger partial charge >= 0.3 is 0 Å². The molecule has 0 heterocycles. The molecule has 0 saturated heterocycles. The second kappa shape index (κ2) is 6.40. The maximum Gasteiger partial charge on any atom is 0.228 e. The van der Waals surface area contributed by atoms with Crippen molar-refractivity contribution in [3.8, 4) is 0 Å². The molecule has 3 nitrogen and oxygen atoms in total. The van der Waals surface area contributed by atoms with Crippen molar-refractivity contribution in [1.82, 2.24) is 0 Å². The van der Waals surface area contributed by atoms with E-state index in [0.29, 0.717) is 13.0 Å². The van der Waals surface area contributed by atoms with E-state index in [-0.39, 0.29) is 11.4 Å². The van der Waals surface area contributed by atoms with E-state index in [9.17, 15) is 4.79 Å². The second-order valence-electron chi connectivity index (χ2n) is 6.08. The molecule has 2 N–H and O–H groups in total. The molecule has 1 aromatic carbocycles. The normalized spacial score (nSPS) is 17.8. The number of carbonyl (C=O) groups is 1. The van der Waals surface area contributed by atoms with Crippen LogP contribution in [0.15, 0.2) is 24.3 Å². The van der Waals surface area contributed by atoms with E-state index in [1.807, 2.05) is 36.9 Å². The van der Waals surface area contributed by atoms with Crippen LogP contribution in [-0.2, 0) is 4.79 Å². The summed E-state index contributed by atoms with van der Waals surface area (Å²) in [7, 11) is 0. The molecule has 0 atom stereocenters. The summed E-state index contributed by atoms with van der Waals surface area (Å²) in [5, 5.41) is 0. The zero-order chi connectivity index (χ0) is 14.6. The van der Waals surface area contributed by atoms with E-state index in [1.54, 1.807) is 0 Å². The number of hydrogen-bond acceptors (Lipinski definition) is 2. The summed E-state index contributed by atoms with van der Waals surface area (Å²) in [6, 6.07) is 8.11. The Kier molecular flexibility index (Phi) is 4.81. The largest absolute Gasteiger partial charge is 0.325 e. The third-order valence-electron chi connectivity index (χ3n) is 4.28. The third kappa shape index (κ3) is 3.60. The maximum absolute atomic E-state index is 12.6. The monoisotopic (exact) mass is 274 g/mol. The van der Waals surface area contributed by atoms with Crippen LogP contribution in [0.3, 0.4) is 0 Å². The highest BCUT2D eigenvalue weighted by atomic mass is 16.2. The molecule has 1 aliphatic carbocycles. The smallest absolute Gasteiger partial charge is 0.228 e. The van der Waals surface area contributed by atoms with Gasteiger partial charge in [0.05, 0.1) is 0 Å². The Morgan fingerprint density at radius 3 is 2.60 bits per heavy atom. The Labute approximate surface area is 122 Å². The summed E-state index contributed by atoms with van der Waals surface area (Å²) in [5.41, 5.74) is 8.29. The highest BCUT2D eigenvalue weighted by Crippen LogP contribution is 2.30.